The van der Waals surface area contributed by atoms with E-state index >= 15 is 0 Å². The summed E-state index contributed by atoms with van der Waals surface area (Å²) in [6, 6.07) is 0. The van der Waals surface area contributed by atoms with Gasteiger partial charge in [-0.1, -0.05) is 153 Å². The Morgan fingerprint density at radius 2 is 0.579 bits per heavy atom. The van der Waals surface area contributed by atoms with Crippen LogP contribution in [0.25, 0.3) is 0 Å². The number of rotatable bonds is 8. The Morgan fingerprint density at radius 1 is 0.368 bits per heavy atom. The number of aliphatic hydroxyl groups excluding tert-OH is 2. The second-order valence-electron chi connectivity index (χ2n) is 29.6. The average molecular weight is 1370 g/mol. The first-order valence-corrected chi connectivity index (χ1v) is 34.9. The van der Waals surface area contributed by atoms with Crippen LogP contribution in [-0.2, 0) is 33.6 Å². The maximum absolute atomic E-state index is 13.3. The van der Waals surface area contributed by atoms with E-state index in [2.05, 4.69) is 6.58 Å². The summed E-state index contributed by atoms with van der Waals surface area (Å²) < 4.78 is 92.6. The van der Waals surface area contributed by atoms with Crippen molar-refractivity contribution in [3.8, 4) is 0 Å². The van der Waals surface area contributed by atoms with Crippen LogP contribution in [0.1, 0.15) is 211 Å². The number of aliphatic hydroxyl groups is 2. The van der Waals surface area contributed by atoms with Crippen LogP contribution in [0.15, 0.2) is 12.2 Å². The van der Waals surface area contributed by atoms with Crippen molar-refractivity contribution < 1.29 is 74.5 Å². The quantitative estimate of drug-likeness (QED) is 0.136. The predicted molar refractivity (Wildman–Crippen MR) is 368 cm³/mol. The van der Waals surface area contributed by atoms with Gasteiger partial charge in [0.2, 0.25) is 35.4 Å². The molecule has 12 atom stereocenters. The number of nitrogens with zero attached hydrogens (tertiary/aromatic N) is 6. The van der Waals surface area contributed by atoms with E-state index in [1.807, 2.05) is 118 Å². The highest BCUT2D eigenvalue weighted by molar-refractivity contribution is 5.83. The summed E-state index contributed by atoms with van der Waals surface area (Å²) in [4.78, 5) is 90.2. The molecule has 6 heterocycles. The fourth-order valence-electron chi connectivity index (χ4n) is 11.4. The highest BCUT2D eigenvalue weighted by Gasteiger charge is 2.41. The zero-order chi connectivity index (χ0) is 71.7. The number of halogens is 7. The monoisotopic (exact) mass is 1370 g/mol. The number of Topliss-reactive ketones (excluding diaryl/α,β-unsaturated/α-hetero) is 1. The van der Waals surface area contributed by atoms with Crippen molar-refractivity contribution in [3.05, 3.63) is 12.2 Å². The molecular weight excluding hydrogens is 1240 g/mol. The molecule has 6 saturated heterocycles. The van der Waals surface area contributed by atoms with Gasteiger partial charge >= 0.3 is 0 Å². The molecule has 7 rings (SSSR count). The Hall–Kier alpha value is -4.34. The lowest BCUT2D eigenvalue weighted by molar-refractivity contribution is -0.140. The van der Waals surface area contributed by atoms with E-state index < -0.39 is 55.5 Å². The van der Waals surface area contributed by atoms with Gasteiger partial charge in [-0.15, -0.1) is 0 Å². The molecule has 0 aromatic rings. The predicted octanol–water partition coefficient (Wildman–Crippen LogP) is 13.7. The Kier molecular flexibility index (Phi) is 43.6. The largest absolute Gasteiger partial charge is 0.390 e. The molecule has 1 saturated carbocycles. The number of amides is 6. The maximum Gasteiger partial charge on any atom is 0.286 e. The number of piperidine rings is 6. The van der Waals surface area contributed by atoms with Crippen LogP contribution in [0.5, 0.6) is 0 Å². The van der Waals surface area contributed by atoms with Gasteiger partial charge in [0.1, 0.15) is 36.6 Å². The lowest BCUT2D eigenvalue weighted by atomic mass is 9.89. The molecule has 7 fully saturated rings. The van der Waals surface area contributed by atoms with Gasteiger partial charge in [0.25, 0.3) is 5.92 Å². The maximum atomic E-state index is 13.3. The number of carbonyl (C=O) groups excluding carboxylic acids is 7. The van der Waals surface area contributed by atoms with E-state index in [4.69, 9.17) is 0 Å². The summed E-state index contributed by atoms with van der Waals surface area (Å²) in [5.74, 6) is -2.11. The molecule has 2 N–H and O–H groups in total. The minimum absolute atomic E-state index is 0. The molecule has 558 valence electrons. The molecule has 6 aliphatic heterocycles. The molecule has 15 nitrogen and oxygen atoms in total. The summed E-state index contributed by atoms with van der Waals surface area (Å²) in [5.41, 5.74) is -0.0645. The number of hydrogen-bond acceptors (Lipinski definition) is 9. The Bertz CT molecular complexity index is 2040. The number of carbonyl (C=O) groups is 7. The second kappa shape index (κ2) is 44.6. The summed E-state index contributed by atoms with van der Waals surface area (Å²) in [6.07, 6.45) is 1.22. The van der Waals surface area contributed by atoms with E-state index in [0.29, 0.717) is 19.4 Å². The van der Waals surface area contributed by atoms with Gasteiger partial charge in [-0.05, 0) is 99.4 Å². The average Bonchev–Trinajstić information content (AvgIpc) is 1.43. The van der Waals surface area contributed by atoms with E-state index in [9.17, 15) is 74.5 Å². The van der Waals surface area contributed by atoms with Crippen LogP contribution in [0.2, 0.25) is 0 Å². The summed E-state index contributed by atoms with van der Waals surface area (Å²) >= 11 is 0. The molecule has 6 amide bonds. The third-order valence-corrected chi connectivity index (χ3v) is 18.8. The van der Waals surface area contributed by atoms with Crippen molar-refractivity contribution in [3.63, 3.8) is 0 Å². The summed E-state index contributed by atoms with van der Waals surface area (Å²) in [7, 11) is 0. The normalized spacial score (nSPS) is 28.4. The number of likely N-dealkylation sites (tertiary alicyclic amines) is 6. The molecule has 0 aromatic carbocycles. The summed E-state index contributed by atoms with van der Waals surface area (Å²) in [6.45, 7) is 43.5. The van der Waals surface area contributed by atoms with Crippen LogP contribution in [-0.4, -0.2) is 208 Å². The molecule has 1 aliphatic carbocycles. The number of ketones is 1. The highest BCUT2D eigenvalue weighted by Crippen LogP contribution is 2.32. The van der Waals surface area contributed by atoms with Crippen molar-refractivity contribution >= 4 is 41.2 Å². The van der Waals surface area contributed by atoms with Gasteiger partial charge in [0, 0.05) is 86.6 Å². The van der Waals surface area contributed by atoms with Gasteiger partial charge in [-0.2, -0.15) is 8.78 Å². The number of hydrogen-bond donors (Lipinski definition) is 2. The molecule has 0 aromatic heterocycles. The first-order valence-electron chi connectivity index (χ1n) is 34.9. The van der Waals surface area contributed by atoms with Crippen molar-refractivity contribution in [1.29, 1.82) is 0 Å². The zero-order valence-corrected chi connectivity index (χ0v) is 60.4. The fraction of sp³-hybridized carbons (Fsp3) is 0.877. The molecule has 22 heteroatoms. The van der Waals surface area contributed by atoms with Crippen LogP contribution in [0.4, 0.5) is 30.7 Å². The second-order valence-corrected chi connectivity index (χ2v) is 29.6. The topological polar surface area (TPSA) is 179 Å². The molecule has 0 bridgehead atoms. The van der Waals surface area contributed by atoms with E-state index in [1.165, 1.54) is 4.90 Å². The van der Waals surface area contributed by atoms with Crippen molar-refractivity contribution in [2.24, 2.45) is 76.9 Å². The first kappa shape index (κ1) is 92.7. The van der Waals surface area contributed by atoms with Crippen LogP contribution < -0.4 is 0 Å². The summed E-state index contributed by atoms with van der Waals surface area (Å²) in [5, 5.41) is 18.9. The SMILES string of the molecule is C.C.C=C1CCN(C(=O)C(C)C)CC1(F)F.CC(C)C(=O)C1CCC(O)C(O)CC1.CC(C)C(=O)N1CCC(C)C(F)C1.CC(C)C(=O)N1CC[C@@H](C)[C@@H](F)C1.CC(C)C(=O)N1CC[C@@H](C)[C@H](F)C1.CC(C)C(=O)N1CC[C@H](C)[C@@H](F)C1.CC(C)C(=O)N1CC[C@H](C)[C@H](F)C1. The van der Waals surface area contributed by atoms with Crippen LogP contribution >= 0.6 is 0 Å². The van der Waals surface area contributed by atoms with E-state index in [0.717, 1.165) is 77.7 Å². The molecule has 0 spiro atoms. The Labute approximate surface area is 570 Å². The lowest BCUT2D eigenvalue weighted by Crippen LogP contribution is -2.48. The van der Waals surface area contributed by atoms with Gasteiger partial charge < -0.3 is 39.6 Å². The van der Waals surface area contributed by atoms with E-state index in [1.54, 1.807) is 38.3 Å². The molecule has 0 radical (unpaired) electrons. The number of alkyl halides is 7. The third kappa shape index (κ3) is 32.0. The minimum atomic E-state index is -2.91. The van der Waals surface area contributed by atoms with Crippen molar-refractivity contribution in [2.45, 2.75) is 260 Å². The van der Waals surface area contributed by atoms with Gasteiger partial charge in [0.05, 0.1) is 51.5 Å². The molecule has 95 heavy (non-hydrogen) atoms. The standard InChI is InChI=1S/C11H20O3.C10H15F2NO.5C10H18FNO.2CH4/c1-7(2)11(14)8-3-5-9(12)10(13)6-4-8;1-7(2)9(14)13-5-4-8(3)10(11,12)6-13;5*1-7(2)10(13)12-5-4-8(3)9(11)6-12;;/h7-10,12-13H,3-6H2,1-2H3;7H,3-6H2,1-2H3;5*7-9H,4-6H2,1-3H3;2*1H4/t;;2*8-,9+;2*8-,9-;;;/m..1010.../s1. The molecule has 4 unspecified atom stereocenters. The first-order chi connectivity index (χ1) is 43.0. The van der Waals surface area contributed by atoms with Crippen molar-refractivity contribution in [2.75, 3.05) is 78.5 Å². The smallest absolute Gasteiger partial charge is 0.286 e. The lowest BCUT2D eigenvalue weighted by Gasteiger charge is -2.34. The van der Waals surface area contributed by atoms with Gasteiger partial charge in [-0.25, -0.2) is 22.0 Å². The van der Waals surface area contributed by atoms with Gasteiger partial charge in [-0.3, -0.25) is 33.6 Å². The Morgan fingerprint density at radius 3 is 0.758 bits per heavy atom. The third-order valence-electron chi connectivity index (χ3n) is 18.8. The Balaban J connectivity index is 0. The zero-order valence-electron chi connectivity index (χ0n) is 60.4. The van der Waals surface area contributed by atoms with E-state index in [-0.39, 0.29) is 178 Å². The highest BCUT2D eigenvalue weighted by atomic mass is 19.3. The molecule has 7 aliphatic rings. The van der Waals surface area contributed by atoms with Crippen LogP contribution in [0, 0.1) is 76.9 Å². The molecular formula is C73H133F7N6O9. The fourth-order valence-corrected chi connectivity index (χ4v) is 11.4. The van der Waals surface area contributed by atoms with Crippen molar-refractivity contribution in [1.82, 2.24) is 29.4 Å². The minimum Gasteiger partial charge on any atom is -0.390 e. The van der Waals surface area contributed by atoms with Crippen LogP contribution in [0.3, 0.4) is 0 Å². The van der Waals surface area contributed by atoms with Gasteiger partial charge in [0.15, 0.2) is 0 Å².